The Morgan fingerprint density at radius 1 is 1.55 bits per heavy atom. The summed E-state index contributed by atoms with van der Waals surface area (Å²) in [5.74, 6) is 0. The first kappa shape index (κ1) is 8.21. The molecule has 0 saturated heterocycles. The Balaban J connectivity index is 2.86. The first-order valence-electron chi connectivity index (χ1n) is 3.54. The van der Waals surface area contributed by atoms with Gasteiger partial charge in [-0.3, -0.25) is 0 Å². The van der Waals surface area contributed by atoms with Crippen LogP contribution in [0.15, 0.2) is 24.3 Å². The maximum Gasteiger partial charge on any atom is 0.119 e. The maximum absolute atomic E-state index is 12.0. The van der Waals surface area contributed by atoms with Gasteiger partial charge < -0.3 is 5.11 Å². The monoisotopic (exact) mass is 154 g/mol. The topological polar surface area (TPSA) is 20.2 Å². The van der Waals surface area contributed by atoms with E-state index in [1.54, 1.807) is 12.1 Å². The lowest BCUT2D eigenvalue weighted by molar-refractivity contribution is 0.141. The highest BCUT2D eigenvalue weighted by Gasteiger charge is 2.04. The van der Waals surface area contributed by atoms with Crippen LogP contribution in [-0.4, -0.2) is 11.8 Å². The van der Waals surface area contributed by atoms with Gasteiger partial charge >= 0.3 is 0 Å². The predicted octanol–water partition coefficient (Wildman–Crippen LogP) is 2.00. The zero-order valence-electron chi connectivity index (χ0n) is 6.42. The predicted molar refractivity (Wildman–Crippen MR) is 42.1 cm³/mol. The fourth-order valence-corrected chi connectivity index (χ4v) is 0.966. The Hall–Kier alpha value is -0.890. The summed E-state index contributed by atoms with van der Waals surface area (Å²) in [6, 6.07) is 7.22. The highest BCUT2D eigenvalue weighted by molar-refractivity contribution is 5.23. The molecule has 0 spiro atoms. The molecule has 1 rings (SSSR count). The second kappa shape index (κ2) is 3.49. The van der Waals surface area contributed by atoms with Crippen LogP contribution in [0.25, 0.3) is 0 Å². The largest absolute Gasteiger partial charge is 0.386 e. The first-order valence-corrected chi connectivity index (χ1v) is 3.54. The minimum atomic E-state index is -0.963. The third-order valence-corrected chi connectivity index (χ3v) is 1.57. The van der Waals surface area contributed by atoms with Gasteiger partial charge in [-0.1, -0.05) is 29.8 Å². The minimum Gasteiger partial charge on any atom is -0.386 e. The third-order valence-electron chi connectivity index (χ3n) is 1.57. The van der Waals surface area contributed by atoms with E-state index in [-0.39, 0.29) is 0 Å². The first-order chi connectivity index (χ1) is 5.24. The van der Waals surface area contributed by atoms with Gasteiger partial charge in [0.1, 0.15) is 12.8 Å². The van der Waals surface area contributed by atoms with Crippen molar-refractivity contribution in [3.63, 3.8) is 0 Å². The van der Waals surface area contributed by atoms with Crippen molar-refractivity contribution < 1.29 is 9.50 Å². The second-order valence-electron chi connectivity index (χ2n) is 2.58. The summed E-state index contributed by atoms with van der Waals surface area (Å²) in [7, 11) is 0. The van der Waals surface area contributed by atoms with Crippen molar-refractivity contribution in [2.45, 2.75) is 13.0 Å². The number of hydrogen-bond acceptors (Lipinski definition) is 1. The molecule has 1 aromatic rings. The molecular weight excluding hydrogens is 143 g/mol. The fourth-order valence-electron chi connectivity index (χ4n) is 0.966. The summed E-state index contributed by atoms with van der Waals surface area (Å²) < 4.78 is 12.0. The van der Waals surface area contributed by atoms with Crippen LogP contribution < -0.4 is 0 Å². The third kappa shape index (κ3) is 2.02. The Morgan fingerprint density at radius 2 is 2.27 bits per heavy atom. The van der Waals surface area contributed by atoms with Crippen LogP contribution in [0.4, 0.5) is 4.39 Å². The van der Waals surface area contributed by atoms with Gasteiger partial charge in [0.15, 0.2) is 0 Å². The second-order valence-corrected chi connectivity index (χ2v) is 2.58. The molecule has 1 nitrogen and oxygen atoms in total. The molecule has 0 radical (unpaired) electrons. The summed E-state index contributed by atoms with van der Waals surface area (Å²) in [6.07, 6.45) is -0.963. The van der Waals surface area contributed by atoms with Gasteiger partial charge in [-0.25, -0.2) is 4.39 Å². The average molecular weight is 154 g/mol. The summed E-state index contributed by atoms with van der Waals surface area (Å²) in [5, 5.41) is 9.08. The van der Waals surface area contributed by atoms with Crippen LogP contribution in [0.5, 0.6) is 0 Å². The van der Waals surface area contributed by atoms with Crippen LogP contribution in [0.3, 0.4) is 0 Å². The number of benzene rings is 1. The van der Waals surface area contributed by atoms with Crippen molar-refractivity contribution in [2.24, 2.45) is 0 Å². The summed E-state index contributed by atoms with van der Waals surface area (Å²) in [4.78, 5) is 0. The molecular formula is C9H11FO. The molecule has 1 unspecified atom stereocenters. The lowest BCUT2D eigenvalue weighted by atomic mass is 10.1. The van der Waals surface area contributed by atoms with E-state index in [1.807, 2.05) is 19.1 Å². The molecule has 0 saturated carbocycles. The number of hydrogen-bond donors (Lipinski definition) is 1. The van der Waals surface area contributed by atoms with Crippen LogP contribution in [0.1, 0.15) is 17.2 Å². The zero-order valence-corrected chi connectivity index (χ0v) is 6.42. The van der Waals surface area contributed by atoms with Gasteiger partial charge in [0.05, 0.1) is 0 Å². The lowest BCUT2D eigenvalue weighted by Gasteiger charge is -2.05. The number of aliphatic hydroxyl groups excluding tert-OH is 1. The Kier molecular flexibility index (Phi) is 2.60. The molecule has 1 N–H and O–H groups in total. The SMILES string of the molecule is Cc1cccc(C(O)CF)c1. The highest BCUT2D eigenvalue weighted by Crippen LogP contribution is 2.13. The number of aliphatic hydroxyl groups is 1. The van der Waals surface area contributed by atoms with Gasteiger partial charge in [-0.15, -0.1) is 0 Å². The normalized spacial score (nSPS) is 13.0. The molecule has 2 heteroatoms. The Morgan fingerprint density at radius 3 is 2.82 bits per heavy atom. The van der Waals surface area contributed by atoms with E-state index < -0.39 is 12.8 Å². The molecule has 11 heavy (non-hydrogen) atoms. The van der Waals surface area contributed by atoms with E-state index in [1.165, 1.54) is 0 Å². The zero-order chi connectivity index (χ0) is 8.27. The lowest BCUT2D eigenvalue weighted by Crippen LogP contribution is -1.98. The molecule has 0 aliphatic carbocycles. The Labute approximate surface area is 65.5 Å². The van der Waals surface area contributed by atoms with Crippen molar-refractivity contribution in [2.75, 3.05) is 6.67 Å². The number of alkyl halides is 1. The van der Waals surface area contributed by atoms with Gasteiger partial charge in [0, 0.05) is 0 Å². The van der Waals surface area contributed by atoms with E-state index in [4.69, 9.17) is 5.11 Å². The summed E-state index contributed by atoms with van der Waals surface area (Å²) in [6.45, 7) is 1.19. The standard InChI is InChI=1S/C9H11FO/c1-7-3-2-4-8(5-7)9(11)6-10/h2-5,9,11H,6H2,1H3. The van der Waals surface area contributed by atoms with E-state index in [0.29, 0.717) is 5.56 Å². The minimum absolute atomic E-state index is 0.646. The van der Waals surface area contributed by atoms with E-state index >= 15 is 0 Å². The van der Waals surface area contributed by atoms with Gasteiger partial charge in [0.2, 0.25) is 0 Å². The average Bonchev–Trinajstić information content (AvgIpc) is 2.03. The fraction of sp³-hybridized carbons (Fsp3) is 0.333. The number of aryl methyl sites for hydroxylation is 1. The van der Waals surface area contributed by atoms with Crippen molar-refractivity contribution in [1.29, 1.82) is 0 Å². The molecule has 0 aliphatic heterocycles. The summed E-state index contributed by atoms with van der Waals surface area (Å²) in [5.41, 5.74) is 1.68. The quantitative estimate of drug-likeness (QED) is 0.690. The molecule has 0 bridgehead atoms. The van der Waals surface area contributed by atoms with Crippen molar-refractivity contribution in [1.82, 2.24) is 0 Å². The molecule has 0 aromatic heterocycles. The van der Waals surface area contributed by atoms with Gasteiger partial charge in [-0.2, -0.15) is 0 Å². The molecule has 0 heterocycles. The van der Waals surface area contributed by atoms with Gasteiger partial charge in [-0.05, 0) is 12.5 Å². The van der Waals surface area contributed by atoms with Crippen LogP contribution in [-0.2, 0) is 0 Å². The number of halogens is 1. The Bertz CT molecular complexity index is 235. The highest BCUT2D eigenvalue weighted by atomic mass is 19.1. The van der Waals surface area contributed by atoms with Gasteiger partial charge in [0.25, 0.3) is 0 Å². The molecule has 0 amide bonds. The smallest absolute Gasteiger partial charge is 0.119 e. The van der Waals surface area contributed by atoms with Crippen LogP contribution in [0, 0.1) is 6.92 Å². The molecule has 0 fully saturated rings. The van der Waals surface area contributed by atoms with E-state index in [2.05, 4.69) is 0 Å². The van der Waals surface area contributed by atoms with E-state index in [9.17, 15) is 4.39 Å². The van der Waals surface area contributed by atoms with E-state index in [0.717, 1.165) is 5.56 Å². The van der Waals surface area contributed by atoms with Crippen LogP contribution in [0.2, 0.25) is 0 Å². The van der Waals surface area contributed by atoms with Crippen LogP contribution >= 0.6 is 0 Å². The molecule has 60 valence electrons. The van der Waals surface area contributed by atoms with Crippen molar-refractivity contribution in [3.8, 4) is 0 Å². The molecule has 1 aromatic carbocycles. The molecule has 0 aliphatic rings. The summed E-state index contributed by atoms with van der Waals surface area (Å²) >= 11 is 0. The van der Waals surface area contributed by atoms with Crippen molar-refractivity contribution in [3.05, 3.63) is 35.4 Å². The maximum atomic E-state index is 12.0. The molecule has 1 atom stereocenters. The van der Waals surface area contributed by atoms with Crippen molar-refractivity contribution >= 4 is 0 Å². The number of rotatable bonds is 2.